The van der Waals surface area contributed by atoms with Crippen molar-refractivity contribution in [1.29, 1.82) is 0 Å². The molecular formula is C36H54Br2N4O4. The fourth-order valence-electron chi connectivity index (χ4n) is 6.90. The van der Waals surface area contributed by atoms with E-state index in [4.69, 9.17) is 9.47 Å². The van der Waals surface area contributed by atoms with Crippen molar-refractivity contribution >= 4 is 55.2 Å². The molecule has 0 amide bonds. The molecule has 2 aromatic rings. The van der Waals surface area contributed by atoms with Gasteiger partial charge in [0.15, 0.2) is 0 Å². The second-order valence-corrected chi connectivity index (χ2v) is 14.9. The molecule has 1 N–H and O–H groups in total. The standard InChI is InChI=1S/C19H29BrN2O2.C17H25BrN2O2/c1-6-22(16-9-7-15(8-10-16)21(3)4)18-12-14(20)11-17(13(18)2)19(23)24-5;1-11-15(17(21)22-4)9-12(18)10-16(11)19-13-5-7-14(8-6-13)20(2)3/h11-12,15-16H,6-10H2,1-5H3;9-10,13-14,19H,5-8H2,1-4H3. The third-order valence-electron chi connectivity index (χ3n) is 9.80. The van der Waals surface area contributed by atoms with Crippen molar-refractivity contribution < 1.29 is 19.1 Å². The van der Waals surface area contributed by atoms with E-state index in [1.54, 1.807) is 0 Å². The molecule has 0 unspecified atom stereocenters. The number of nitrogens with one attached hydrogen (secondary N) is 1. The highest BCUT2D eigenvalue weighted by molar-refractivity contribution is 9.10. The molecule has 10 heteroatoms. The summed E-state index contributed by atoms with van der Waals surface area (Å²) in [6, 6.07) is 10.2. The van der Waals surface area contributed by atoms with Gasteiger partial charge in [0.05, 0.1) is 25.3 Å². The van der Waals surface area contributed by atoms with Gasteiger partial charge in [-0.25, -0.2) is 9.59 Å². The van der Waals surface area contributed by atoms with Crippen molar-refractivity contribution in [2.24, 2.45) is 0 Å². The van der Waals surface area contributed by atoms with E-state index in [1.807, 2.05) is 32.0 Å². The van der Waals surface area contributed by atoms with E-state index in [2.05, 4.69) is 93.1 Å². The molecule has 0 saturated heterocycles. The quantitative estimate of drug-likeness (QED) is 0.257. The third-order valence-corrected chi connectivity index (χ3v) is 10.7. The minimum Gasteiger partial charge on any atom is -0.465 e. The van der Waals surface area contributed by atoms with Crippen LogP contribution in [0.5, 0.6) is 0 Å². The first-order valence-corrected chi connectivity index (χ1v) is 18.0. The summed E-state index contributed by atoms with van der Waals surface area (Å²) in [7, 11) is 11.5. The number of nitrogens with zero attached hydrogens (tertiary/aromatic N) is 3. The normalized spacial score (nSPS) is 21.3. The predicted octanol–water partition coefficient (Wildman–Crippen LogP) is 8.07. The van der Waals surface area contributed by atoms with E-state index in [0.29, 0.717) is 35.3 Å². The number of carbonyl (C=O) groups excluding carboxylic acids is 2. The largest absolute Gasteiger partial charge is 0.465 e. The molecule has 8 nitrogen and oxygen atoms in total. The Hall–Kier alpha value is -2.14. The molecule has 2 aliphatic carbocycles. The summed E-state index contributed by atoms with van der Waals surface area (Å²) >= 11 is 7.04. The van der Waals surface area contributed by atoms with E-state index < -0.39 is 0 Å². The summed E-state index contributed by atoms with van der Waals surface area (Å²) in [4.78, 5) is 31.1. The molecule has 2 saturated carbocycles. The average Bonchev–Trinajstić information content (AvgIpc) is 3.04. The van der Waals surface area contributed by atoms with Gasteiger partial charge in [-0.05, 0) is 136 Å². The van der Waals surface area contributed by atoms with Crippen LogP contribution in [0.15, 0.2) is 33.2 Å². The zero-order valence-corrected chi connectivity index (χ0v) is 32.4. The Morgan fingerprint density at radius 3 is 1.61 bits per heavy atom. The number of methoxy groups -OCH3 is 2. The molecule has 0 heterocycles. The Morgan fingerprint density at radius 1 is 0.717 bits per heavy atom. The van der Waals surface area contributed by atoms with E-state index in [0.717, 1.165) is 50.8 Å². The Kier molecular flexibility index (Phi) is 14.9. The molecule has 0 aromatic heterocycles. The van der Waals surface area contributed by atoms with Crippen molar-refractivity contribution in [1.82, 2.24) is 9.80 Å². The van der Waals surface area contributed by atoms with Crippen LogP contribution >= 0.6 is 31.9 Å². The first kappa shape index (κ1) is 38.3. The van der Waals surface area contributed by atoms with Crippen LogP contribution in [0.2, 0.25) is 0 Å². The van der Waals surface area contributed by atoms with Crippen LogP contribution in [0, 0.1) is 13.8 Å². The highest BCUT2D eigenvalue weighted by atomic mass is 79.9. The molecule has 0 atom stereocenters. The van der Waals surface area contributed by atoms with Gasteiger partial charge in [0, 0.05) is 51.0 Å². The lowest BCUT2D eigenvalue weighted by Crippen LogP contribution is -2.42. The monoisotopic (exact) mass is 764 g/mol. The van der Waals surface area contributed by atoms with Crippen LogP contribution in [0.3, 0.4) is 0 Å². The van der Waals surface area contributed by atoms with Crippen molar-refractivity contribution in [2.75, 3.05) is 59.2 Å². The molecule has 46 heavy (non-hydrogen) atoms. The molecule has 256 valence electrons. The molecule has 2 aromatic carbocycles. The number of ether oxygens (including phenoxy) is 2. The maximum absolute atomic E-state index is 12.1. The minimum absolute atomic E-state index is 0.276. The van der Waals surface area contributed by atoms with E-state index >= 15 is 0 Å². The fourth-order valence-corrected chi connectivity index (χ4v) is 7.81. The number of esters is 2. The number of hydrogen-bond donors (Lipinski definition) is 1. The van der Waals surface area contributed by atoms with Gasteiger partial charge < -0.3 is 29.5 Å². The van der Waals surface area contributed by atoms with Gasteiger partial charge >= 0.3 is 11.9 Å². The van der Waals surface area contributed by atoms with Crippen LogP contribution < -0.4 is 10.2 Å². The molecule has 0 spiro atoms. The Bertz CT molecular complexity index is 1320. The van der Waals surface area contributed by atoms with Crippen LogP contribution in [0.4, 0.5) is 11.4 Å². The van der Waals surface area contributed by atoms with Crippen molar-refractivity contribution in [3.05, 3.63) is 55.5 Å². The van der Waals surface area contributed by atoms with Gasteiger partial charge in [-0.2, -0.15) is 0 Å². The number of rotatable bonds is 9. The SMILES string of the molecule is CCN(c1cc(Br)cc(C(=O)OC)c1C)C1CCC(N(C)C)CC1.COC(=O)c1cc(Br)cc(NC2CCC(N(C)C)CC2)c1C. The lowest BCUT2D eigenvalue weighted by atomic mass is 9.89. The topological polar surface area (TPSA) is 74.3 Å². The van der Waals surface area contributed by atoms with Crippen molar-refractivity contribution in [3.8, 4) is 0 Å². The van der Waals surface area contributed by atoms with Crippen LogP contribution in [-0.4, -0.2) is 94.9 Å². The summed E-state index contributed by atoms with van der Waals surface area (Å²) in [6.07, 6.45) is 9.57. The summed E-state index contributed by atoms with van der Waals surface area (Å²) in [5, 5.41) is 3.61. The molecule has 2 aliphatic rings. The fraction of sp³-hybridized carbons (Fsp3) is 0.611. The first-order valence-electron chi connectivity index (χ1n) is 16.4. The molecule has 0 bridgehead atoms. The Balaban J connectivity index is 0.000000251. The van der Waals surface area contributed by atoms with Crippen molar-refractivity contribution in [3.63, 3.8) is 0 Å². The summed E-state index contributed by atoms with van der Waals surface area (Å²) in [5.41, 5.74) is 5.36. The third kappa shape index (κ3) is 9.94. The highest BCUT2D eigenvalue weighted by Crippen LogP contribution is 2.34. The maximum Gasteiger partial charge on any atom is 0.338 e. The molecule has 0 radical (unpaired) electrons. The highest BCUT2D eigenvalue weighted by Gasteiger charge is 2.28. The number of carbonyl (C=O) groups is 2. The Morgan fingerprint density at radius 2 is 1.15 bits per heavy atom. The zero-order valence-electron chi connectivity index (χ0n) is 29.2. The lowest BCUT2D eigenvalue weighted by molar-refractivity contribution is 0.0591. The van der Waals surface area contributed by atoms with Gasteiger partial charge in [-0.3, -0.25) is 0 Å². The second kappa shape index (κ2) is 17.9. The predicted molar refractivity (Wildman–Crippen MR) is 197 cm³/mol. The summed E-state index contributed by atoms with van der Waals surface area (Å²) in [6.45, 7) is 7.11. The number of anilines is 2. The molecule has 0 aliphatic heterocycles. The van der Waals surface area contributed by atoms with Crippen LogP contribution in [-0.2, 0) is 9.47 Å². The lowest BCUT2D eigenvalue weighted by Gasteiger charge is -2.40. The van der Waals surface area contributed by atoms with Gasteiger partial charge in [-0.1, -0.05) is 31.9 Å². The summed E-state index contributed by atoms with van der Waals surface area (Å²) < 4.78 is 11.6. The van der Waals surface area contributed by atoms with E-state index in [-0.39, 0.29) is 11.9 Å². The zero-order chi connectivity index (χ0) is 34.1. The second-order valence-electron chi connectivity index (χ2n) is 13.0. The first-order chi connectivity index (χ1) is 21.8. The molecule has 2 fully saturated rings. The Labute approximate surface area is 293 Å². The van der Waals surface area contributed by atoms with E-state index in [9.17, 15) is 9.59 Å². The number of halogens is 2. The van der Waals surface area contributed by atoms with Gasteiger partial charge in [-0.15, -0.1) is 0 Å². The molecule has 4 rings (SSSR count). The van der Waals surface area contributed by atoms with Gasteiger partial charge in [0.2, 0.25) is 0 Å². The molecular weight excluding hydrogens is 712 g/mol. The van der Waals surface area contributed by atoms with Gasteiger partial charge in [0.1, 0.15) is 0 Å². The van der Waals surface area contributed by atoms with Gasteiger partial charge in [0.25, 0.3) is 0 Å². The average molecular weight is 767 g/mol. The summed E-state index contributed by atoms with van der Waals surface area (Å²) in [5.74, 6) is -0.569. The smallest absolute Gasteiger partial charge is 0.338 e. The minimum atomic E-state index is -0.293. The maximum atomic E-state index is 12.1. The number of benzene rings is 2. The van der Waals surface area contributed by atoms with Crippen LogP contribution in [0.25, 0.3) is 0 Å². The van der Waals surface area contributed by atoms with Crippen molar-refractivity contribution in [2.45, 2.75) is 96.3 Å². The van der Waals surface area contributed by atoms with E-state index in [1.165, 1.54) is 52.7 Å². The van der Waals surface area contributed by atoms with Crippen LogP contribution in [0.1, 0.15) is 90.1 Å². The number of hydrogen-bond acceptors (Lipinski definition) is 8.